The lowest BCUT2D eigenvalue weighted by molar-refractivity contribution is 0.102. The van der Waals surface area contributed by atoms with Gasteiger partial charge in [0.05, 0.1) is 0 Å². The number of hydrogen-bond acceptors (Lipinski definition) is 4. The van der Waals surface area contributed by atoms with E-state index in [0.717, 1.165) is 9.13 Å². The van der Waals surface area contributed by atoms with Crippen LogP contribution in [0.5, 0.6) is 0 Å². The zero-order chi connectivity index (χ0) is 17.1. The maximum atomic E-state index is 12.6. The molecule has 2 aromatic heterocycles. The molecule has 0 bridgehead atoms. The van der Waals surface area contributed by atoms with E-state index in [-0.39, 0.29) is 11.6 Å². The Hall–Kier alpha value is -2.41. The van der Waals surface area contributed by atoms with Crippen molar-refractivity contribution in [3.05, 3.63) is 92.6 Å². The predicted molar refractivity (Wildman–Crippen MR) is 99.2 cm³/mol. The van der Waals surface area contributed by atoms with Crippen LogP contribution in [-0.4, -0.2) is 21.5 Å². The van der Waals surface area contributed by atoms with Crippen LogP contribution in [0.4, 0.5) is 0 Å². The Balaban J connectivity index is 2.01. The third-order valence-electron chi connectivity index (χ3n) is 3.65. The summed E-state index contributed by atoms with van der Waals surface area (Å²) >= 11 is 2.09. The lowest BCUT2D eigenvalue weighted by Crippen LogP contribution is -2.09. The van der Waals surface area contributed by atoms with Crippen molar-refractivity contribution < 1.29 is 9.59 Å². The second-order valence-corrected chi connectivity index (χ2v) is 6.45. The van der Waals surface area contributed by atoms with Gasteiger partial charge < -0.3 is 0 Å². The summed E-state index contributed by atoms with van der Waals surface area (Å²) in [7, 11) is 0. The van der Waals surface area contributed by atoms with Gasteiger partial charge in [0.25, 0.3) is 0 Å². The molecule has 0 saturated carbocycles. The molecular weight excluding hydrogens is 415 g/mol. The van der Waals surface area contributed by atoms with E-state index in [1.165, 1.54) is 0 Å². The summed E-state index contributed by atoms with van der Waals surface area (Å²) in [6, 6.07) is 10.4. The number of nitrogens with zero attached hydrogens (tertiary/aromatic N) is 2. The van der Waals surface area contributed by atoms with E-state index in [9.17, 15) is 9.59 Å². The smallest absolute Gasteiger partial charge is 0.195 e. The summed E-state index contributed by atoms with van der Waals surface area (Å²) in [6.07, 6.45) is 6.34. The largest absolute Gasteiger partial charge is 0.289 e. The molecule has 0 amide bonds. The lowest BCUT2D eigenvalue weighted by atomic mass is 9.95. The van der Waals surface area contributed by atoms with Gasteiger partial charge >= 0.3 is 0 Å². The van der Waals surface area contributed by atoms with Crippen LogP contribution >= 0.6 is 22.6 Å². The van der Waals surface area contributed by atoms with Crippen molar-refractivity contribution in [3.63, 3.8) is 0 Å². The second kappa shape index (κ2) is 7.00. The fourth-order valence-corrected chi connectivity index (χ4v) is 3.12. The minimum absolute atomic E-state index is 0.0982. The SMILES string of the molecule is Cc1cc(C(=O)c2cccnc2)c(I)cc1C(=O)c1cccnc1. The average molecular weight is 428 g/mol. The van der Waals surface area contributed by atoms with Crippen LogP contribution in [0.2, 0.25) is 0 Å². The molecule has 2 heterocycles. The highest BCUT2D eigenvalue weighted by atomic mass is 127. The first-order chi connectivity index (χ1) is 11.6. The Bertz CT molecular complexity index is 832. The first kappa shape index (κ1) is 16.4. The quantitative estimate of drug-likeness (QED) is 0.468. The Morgan fingerprint density at radius 1 is 0.875 bits per heavy atom. The predicted octanol–water partition coefficient (Wildman–Crippen LogP) is 3.85. The Morgan fingerprint density at radius 3 is 1.92 bits per heavy atom. The molecule has 118 valence electrons. The molecular formula is C19H13IN2O2. The molecule has 3 rings (SSSR count). The molecule has 1 aromatic carbocycles. The summed E-state index contributed by atoms with van der Waals surface area (Å²) in [6.45, 7) is 1.83. The maximum Gasteiger partial charge on any atom is 0.195 e. The van der Waals surface area contributed by atoms with Crippen molar-refractivity contribution in [2.75, 3.05) is 0 Å². The topological polar surface area (TPSA) is 59.9 Å². The molecule has 0 N–H and O–H groups in total. The summed E-state index contributed by atoms with van der Waals surface area (Å²) in [5.74, 6) is -0.199. The van der Waals surface area contributed by atoms with Crippen LogP contribution in [0.25, 0.3) is 0 Å². The van der Waals surface area contributed by atoms with Crippen molar-refractivity contribution in [1.82, 2.24) is 9.97 Å². The first-order valence-electron chi connectivity index (χ1n) is 7.27. The number of ketones is 2. The number of carbonyl (C=O) groups excluding carboxylic acids is 2. The van der Waals surface area contributed by atoms with Crippen LogP contribution in [0.3, 0.4) is 0 Å². The number of rotatable bonds is 4. The van der Waals surface area contributed by atoms with Crippen LogP contribution < -0.4 is 0 Å². The summed E-state index contributed by atoms with van der Waals surface area (Å²) < 4.78 is 0.735. The molecule has 24 heavy (non-hydrogen) atoms. The Kier molecular flexibility index (Phi) is 4.80. The Morgan fingerprint density at radius 2 is 1.42 bits per heavy atom. The van der Waals surface area contributed by atoms with E-state index in [4.69, 9.17) is 0 Å². The van der Waals surface area contributed by atoms with Gasteiger partial charge in [-0.1, -0.05) is 0 Å². The molecule has 0 unspecified atom stereocenters. The van der Waals surface area contributed by atoms with Crippen LogP contribution in [0, 0.1) is 10.5 Å². The molecule has 0 aliphatic heterocycles. The van der Waals surface area contributed by atoms with Gasteiger partial charge in [-0.25, -0.2) is 0 Å². The molecule has 0 saturated heterocycles. The second-order valence-electron chi connectivity index (χ2n) is 5.29. The molecule has 4 nitrogen and oxygen atoms in total. The standard InChI is InChI=1S/C19H13IN2O2/c1-12-8-16(19(24)14-5-3-7-22-11-14)17(20)9-15(12)18(23)13-4-2-6-21-10-13/h2-11H,1H3. The van der Waals surface area contributed by atoms with E-state index in [1.807, 2.05) is 6.92 Å². The zero-order valence-electron chi connectivity index (χ0n) is 12.9. The maximum absolute atomic E-state index is 12.6. The van der Waals surface area contributed by atoms with Gasteiger partial charge in [-0.3, -0.25) is 19.6 Å². The van der Waals surface area contributed by atoms with Gasteiger partial charge in [-0.2, -0.15) is 0 Å². The van der Waals surface area contributed by atoms with Gasteiger partial charge in [0, 0.05) is 50.6 Å². The highest BCUT2D eigenvalue weighted by Crippen LogP contribution is 2.23. The monoisotopic (exact) mass is 428 g/mol. The Labute approximate surface area is 153 Å². The van der Waals surface area contributed by atoms with Crippen molar-refractivity contribution in [1.29, 1.82) is 0 Å². The van der Waals surface area contributed by atoms with Crippen molar-refractivity contribution >= 4 is 34.2 Å². The molecule has 3 aromatic rings. The fourth-order valence-electron chi connectivity index (χ4n) is 2.41. The van der Waals surface area contributed by atoms with Crippen molar-refractivity contribution in [2.24, 2.45) is 0 Å². The molecule has 0 radical (unpaired) electrons. The van der Waals surface area contributed by atoms with Crippen LogP contribution in [0.1, 0.15) is 37.4 Å². The zero-order valence-corrected chi connectivity index (χ0v) is 15.0. The minimum Gasteiger partial charge on any atom is -0.289 e. The average Bonchev–Trinajstić information content (AvgIpc) is 2.63. The van der Waals surface area contributed by atoms with Gasteiger partial charge in [0.15, 0.2) is 11.6 Å². The first-order valence-corrected chi connectivity index (χ1v) is 8.35. The molecule has 0 aliphatic carbocycles. The van der Waals surface area contributed by atoms with E-state index in [0.29, 0.717) is 22.3 Å². The molecule has 0 spiro atoms. The molecule has 0 atom stereocenters. The number of aromatic nitrogens is 2. The lowest BCUT2D eigenvalue weighted by Gasteiger charge is -2.10. The number of pyridine rings is 2. The third-order valence-corrected chi connectivity index (χ3v) is 4.54. The van der Waals surface area contributed by atoms with Crippen molar-refractivity contribution in [2.45, 2.75) is 6.92 Å². The van der Waals surface area contributed by atoms with Crippen LogP contribution in [0.15, 0.2) is 61.2 Å². The number of aryl methyl sites for hydroxylation is 1. The highest BCUT2D eigenvalue weighted by molar-refractivity contribution is 14.1. The van der Waals surface area contributed by atoms with Crippen LogP contribution in [-0.2, 0) is 0 Å². The number of halogens is 1. The normalized spacial score (nSPS) is 10.4. The molecule has 5 heteroatoms. The van der Waals surface area contributed by atoms with Gasteiger partial charge in [0.2, 0.25) is 0 Å². The molecule has 0 aliphatic rings. The number of hydrogen-bond donors (Lipinski definition) is 0. The molecule has 0 fully saturated rings. The van der Waals surface area contributed by atoms with Gasteiger partial charge in [-0.05, 0) is 71.5 Å². The van der Waals surface area contributed by atoms with E-state index in [1.54, 1.807) is 61.2 Å². The van der Waals surface area contributed by atoms with E-state index in [2.05, 4.69) is 32.6 Å². The summed E-state index contributed by atoms with van der Waals surface area (Å²) in [5, 5.41) is 0. The highest BCUT2D eigenvalue weighted by Gasteiger charge is 2.18. The minimum atomic E-state index is -0.101. The summed E-state index contributed by atoms with van der Waals surface area (Å²) in [5.41, 5.74) is 2.97. The third kappa shape index (κ3) is 3.26. The van der Waals surface area contributed by atoms with Crippen molar-refractivity contribution in [3.8, 4) is 0 Å². The van der Waals surface area contributed by atoms with E-state index < -0.39 is 0 Å². The number of benzene rings is 1. The van der Waals surface area contributed by atoms with E-state index >= 15 is 0 Å². The van der Waals surface area contributed by atoms with Gasteiger partial charge in [0.1, 0.15) is 0 Å². The van der Waals surface area contributed by atoms with Gasteiger partial charge in [-0.15, -0.1) is 0 Å². The fraction of sp³-hybridized carbons (Fsp3) is 0.0526. The number of carbonyl (C=O) groups is 2. The summed E-state index contributed by atoms with van der Waals surface area (Å²) in [4.78, 5) is 33.2.